The third-order valence-corrected chi connectivity index (χ3v) is 4.40. The Balaban J connectivity index is 1.34. The lowest BCUT2D eigenvalue weighted by Crippen LogP contribution is -2.43. The van der Waals surface area contributed by atoms with Gasteiger partial charge in [-0.2, -0.15) is 16.4 Å². The van der Waals surface area contributed by atoms with Crippen LogP contribution in [0.4, 0.5) is 0 Å². The predicted molar refractivity (Wildman–Crippen MR) is 81.2 cm³/mol. The third kappa shape index (κ3) is 3.89. The minimum atomic E-state index is 0.0506. The number of rotatable bonds is 6. The number of amides is 1. The van der Waals surface area contributed by atoms with E-state index in [0.29, 0.717) is 19.1 Å². The summed E-state index contributed by atoms with van der Waals surface area (Å²) in [7, 11) is 0. The second kappa shape index (κ2) is 6.82. The van der Waals surface area contributed by atoms with Gasteiger partial charge in [0.15, 0.2) is 0 Å². The van der Waals surface area contributed by atoms with Gasteiger partial charge in [0.05, 0.1) is 13.1 Å². The number of carbonyl (C=O) groups is 1. The van der Waals surface area contributed by atoms with Gasteiger partial charge in [-0.1, -0.05) is 0 Å². The Hall–Kier alpha value is -1.73. The largest absolute Gasteiger partial charge is 0.355 e. The Morgan fingerprint density at radius 1 is 1.52 bits per heavy atom. The van der Waals surface area contributed by atoms with Crippen molar-refractivity contribution in [2.75, 3.05) is 13.1 Å². The van der Waals surface area contributed by atoms with Crippen molar-refractivity contribution in [1.82, 2.24) is 25.4 Å². The van der Waals surface area contributed by atoms with Crippen LogP contribution in [0.3, 0.4) is 0 Å². The van der Waals surface area contributed by atoms with Crippen LogP contribution in [-0.2, 0) is 24.2 Å². The van der Waals surface area contributed by atoms with Crippen LogP contribution in [0, 0.1) is 0 Å². The summed E-state index contributed by atoms with van der Waals surface area (Å²) < 4.78 is 1.91. The molecule has 0 saturated heterocycles. The zero-order valence-corrected chi connectivity index (χ0v) is 12.6. The molecule has 3 rings (SSSR count). The van der Waals surface area contributed by atoms with Crippen LogP contribution < -0.4 is 10.6 Å². The Bertz CT molecular complexity index is 580. The molecule has 0 bridgehead atoms. The maximum Gasteiger partial charge on any atom is 0.233 e. The SMILES string of the molecule is O=C(CNC1CCc2ncnn2C1)NCCc1ccsc1. The highest BCUT2D eigenvalue weighted by molar-refractivity contribution is 7.07. The van der Waals surface area contributed by atoms with Crippen LogP contribution in [0.5, 0.6) is 0 Å². The molecule has 1 aliphatic heterocycles. The quantitative estimate of drug-likeness (QED) is 0.820. The molecule has 1 atom stereocenters. The molecule has 21 heavy (non-hydrogen) atoms. The minimum absolute atomic E-state index is 0.0506. The van der Waals surface area contributed by atoms with E-state index in [1.807, 2.05) is 4.68 Å². The molecule has 0 fully saturated rings. The van der Waals surface area contributed by atoms with Gasteiger partial charge in [0, 0.05) is 19.0 Å². The molecule has 112 valence electrons. The van der Waals surface area contributed by atoms with E-state index in [-0.39, 0.29) is 5.91 Å². The fourth-order valence-electron chi connectivity index (χ4n) is 2.48. The molecule has 2 N–H and O–H groups in total. The van der Waals surface area contributed by atoms with Gasteiger partial charge in [0.25, 0.3) is 0 Å². The van der Waals surface area contributed by atoms with Crippen LogP contribution in [-0.4, -0.2) is 39.8 Å². The minimum Gasteiger partial charge on any atom is -0.355 e. The second-order valence-corrected chi connectivity index (χ2v) is 5.99. The fourth-order valence-corrected chi connectivity index (χ4v) is 3.19. The third-order valence-electron chi connectivity index (χ3n) is 3.67. The van der Waals surface area contributed by atoms with Crippen LogP contribution in [0.25, 0.3) is 0 Å². The molecule has 2 aromatic heterocycles. The van der Waals surface area contributed by atoms with E-state index in [0.717, 1.165) is 31.6 Å². The van der Waals surface area contributed by atoms with E-state index in [4.69, 9.17) is 0 Å². The number of nitrogens with zero attached hydrogens (tertiary/aromatic N) is 3. The Morgan fingerprint density at radius 2 is 2.48 bits per heavy atom. The van der Waals surface area contributed by atoms with E-state index in [1.54, 1.807) is 17.7 Å². The first-order chi connectivity index (χ1) is 10.3. The number of fused-ring (bicyclic) bond motifs is 1. The average molecular weight is 305 g/mol. The zero-order valence-electron chi connectivity index (χ0n) is 11.8. The number of aromatic nitrogens is 3. The Morgan fingerprint density at radius 3 is 3.33 bits per heavy atom. The first-order valence-corrected chi connectivity index (χ1v) is 8.13. The number of nitrogens with one attached hydrogen (secondary N) is 2. The van der Waals surface area contributed by atoms with Crippen molar-refractivity contribution in [3.05, 3.63) is 34.5 Å². The van der Waals surface area contributed by atoms with Gasteiger partial charge in [-0.25, -0.2) is 9.67 Å². The summed E-state index contributed by atoms with van der Waals surface area (Å²) >= 11 is 1.68. The molecule has 1 unspecified atom stereocenters. The second-order valence-electron chi connectivity index (χ2n) is 5.21. The van der Waals surface area contributed by atoms with Gasteiger partial charge >= 0.3 is 0 Å². The summed E-state index contributed by atoms with van der Waals surface area (Å²) in [6, 6.07) is 2.38. The van der Waals surface area contributed by atoms with E-state index in [1.165, 1.54) is 5.56 Å². The first-order valence-electron chi connectivity index (χ1n) is 7.19. The van der Waals surface area contributed by atoms with E-state index in [9.17, 15) is 4.79 Å². The zero-order chi connectivity index (χ0) is 14.5. The van der Waals surface area contributed by atoms with Gasteiger partial charge in [0.1, 0.15) is 12.2 Å². The molecule has 1 amide bonds. The normalized spacial score (nSPS) is 17.4. The van der Waals surface area contributed by atoms with E-state index < -0.39 is 0 Å². The van der Waals surface area contributed by atoms with Crippen molar-refractivity contribution in [3.8, 4) is 0 Å². The molecular weight excluding hydrogens is 286 g/mol. The van der Waals surface area contributed by atoms with Crippen molar-refractivity contribution in [1.29, 1.82) is 0 Å². The van der Waals surface area contributed by atoms with E-state index in [2.05, 4.69) is 37.5 Å². The first kappa shape index (κ1) is 14.2. The average Bonchev–Trinajstić information content (AvgIpc) is 3.15. The van der Waals surface area contributed by atoms with Gasteiger partial charge in [0.2, 0.25) is 5.91 Å². The van der Waals surface area contributed by atoms with Crippen LogP contribution in [0.1, 0.15) is 17.8 Å². The Labute approximate surface area is 127 Å². The molecular formula is C14H19N5OS. The summed E-state index contributed by atoms with van der Waals surface area (Å²) in [5, 5.41) is 14.6. The molecule has 2 aromatic rings. The molecule has 0 radical (unpaired) electrons. The standard InChI is InChI=1S/C14H19N5OS/c20-14(15-5-3-11-4-6-21-9-11)7-16-12-1-2-13-17-10-18-19(13)8-12/h4,6,9-10,12,16H,1-3,5,7-8H2,(H,15,20). The fraction of sp³-hybridized carbons (Fsp3) is 0.500. The van der Waals surface area contributed by atoms with Gasteiger partial charge < -0.3 is 10.6 Å². The maximum atomic E-state index is 11.8. The van der Waals surface area contributed by atoms with Crippen molar-refractivity contribution < 1.29 is 4.79 Å². The van der Waals surface area contributed by atoms with Gasteiger partial charge in [-0.15, -0.1) is 0 Å². The highest BCUT2D eigenvalue weighted by atomic mass is 32.1. The summed E-state index contributed by atoms with van der Waals surface area (Å²) in [5.41, 5.74) is 1.28. The summed E-state index contributed by atoms with van der Waals surface area (Å²) in [5.74, 6) is 1.09. The summed E-state index contributed by atoms with van der Waals surface area (Å²) in [6.07, 6.45) is 4.40. The molecule has 0 spiro atoms. The molecule has 6 nitrogen and oxygen atoms in total. The number of aryl methyl sites for hydroxylation is 1. The molecule has 0 aromatic carbocycles. The monoisotopic (exact) mass is 305 g/mol. The molecule has 0 aliphatic carbocycles. The number of carbonyl (C=O) groups excluding carboxylic acids is 1. The topological polar surface area (TPSA) is 71.8 Å². The number of hydrogen-bond acceptors (Lipinski definition) is 5. The lowest BCUT2D eigenvalue weighted by atomic mass is 10.1. The maximum absolute atomic E-state index is 11.8. The van der Waals surface area contributed by atoms with E-state index >= 15 is 0 Å². The smallest absolute Gasteiger partial charge is 0.233 e. The van der Waals surface area contributed by atoms with Crippen molar-refractivity contribution in [2.24, 2.45) is 0 Å². The number of thiophene rings is 1. The predicted octanol–water partition coefficient (Wildman–Crippen LogP) is 0.603. The molecule has 1 aliphatic rings. The summed E-state index contributed by atoms with van der Waals surface area (Å²) in [4.78, 5) is 16.0. The van der Waals surface area contributed by atoms with Crippen LogP contribution in [0.2, 0.25) is 0 Å². The number of hydrogen-bond donors (Lipinski definition) is 2. The van der Waals surface area contributed by atoms with Crippen molar-refractivity contribution >= 4 is 17.2 Å². The molecule has 0 saturated carbocycles. The van der Waals surface area contributed by atoms with Gasteiger partial charge in [-0.05, 0) is 35.2 Å². The molecule has 3 heterocycles. The molecule has 7 heteroatoms. The Kier molecular flexibility index (Phi) is 4.62. The lowest BCUT2D eigenvalue weighted by Gasteiger charge is -2.23. The van der Waals surface area contributed by atoms with Crippen molar-refractivity contribution in [3.63, 3.8) is 0 Å². The van der Waals surface area contributed by atoms with Crippen LogP contribution in [0.15, 0.2) is 23.2 Å². The summed E-state index contributed by atoms with van der Waals surface area (Å²) in [6.45, 7) is 1.84. The van der Waals surface area contributed by atoms with Crippen molar-refractivity contribution in [2.45, 2.75) is 31.8 Å². The highest BCUT2D eigenvalue weighted by Crippen LogP contribution is 2.10. The highest BCUT2D eigenvalue weighted by Gasteiger charge is 2.19. The van der Waals surface area contributed by atoms with Crippen LogP contribution >= 0.6 is 11.3 Å². The lowest BCUT2D eigenvalue weighted by molar-refractivity contribution is -0.120. The van der Waals surface area contributed by atoms with Gasteiger partial charge in [-0.3, -0.25) is 4.79 Å².